The molecule has 0 bridgehead atoms. The van der Waals surface area contributed by atoms with Crippen LogP contribution in [0.1, 0.15) is 18.4 Å². The third-order valence-electron chi connectivity index (χ3n) is 2.70. The van der Waals surface area contributed by atoms with E-state index in [4.69, 9.17) is 11.6 Å². The number of piperidine rings is 1. The fraction of sp³-hybridized carbons (Fsp3) is 0.600. The molecule has 1 aromatic heterocycles. The summed E-state index contributed by atoms with van der Waals surface area (Å²) in [4.78, 5) is 0. The first-order chi connectivity index (χ1) is 8.47. The van der Waals surface area contributed by atoms with Gasteiger partial charge in [-0.1, -0.05) is 11.6 Å². The van der Waals surface area contributed by atoms with Gasteiger partial charge in [0.1, 0.15) is 5.82 Å². The van der Waals surface area contributed by atoms with E-state index in [-0.39, 0.29) is 24.3 Å². The van der Waals surface area contributed by atoms with Crippen molar-refractivity contribution in [3.8, 4) is 0 Å². The number of alkyl halides is 3. The first kappa shape index (κ1) is 16.3. The zero-order chi connectivity index (χ0) is 13.2. The Balaban J connectivity index is 0.00000180. The average molecular weight is 317 g/mol. The van der Waals surface area contributed by atoms with Gasteiger partial charge in [-0.15, -0.1) is 22.6 Å². The first-order valence-electron chi connectivity index (χ1n) is 5.54. The molecule has 9 heteroatoms. The number of aromatic nitrogens is 2. The van der Waals surface area contributed by atoms with E-state index in [2.05, 4.69) is 20.8 Å². The van der Waals surface area contributed by atoms with Crippen molar-refractivity contribution in [2.24, 2.45) is 0 Å². The predicted octanol–water partition coefficient (Wildman–Crippen LogP) is 2.73. The Labute approximate surface area is 119 Å². The molecule has 1 aromatic rings. The van der Waals surface area contributed by atoms with Crippen LogP contribution in [0.25, 0.3) is 0 Å². The third kappa shape index (κ3) is 4.36. The molecule has 2 rings (SSSR count). The molecule has 0 unspecified atom stereocenters. The Kier molecular flexibility index (Phi) is 5.64. The quantitative estimate of drug-likeness (QED) is 0.881. The predicted molar refractivity (Wildman–Crippen MR) is 68.8 cm³/mol. The summed E-state index contributed by atoms with van der Waals surface area (Å²) in [6.45, 7) is 1.63. The lowest BCUT2D eigenvalue weighted by atomic mass is 10.1. The van der Waals surface area contributed by atoms with Gasteiger partial charge in [0.2, 0.25) is 0 Å². The summed E-state index contributed by atoms with van der Waals surface area (Å²) < 4.78 is 37.8. The van der Waals surface area contributed by atoms with Gasteiger partial charge in [0.15, 0.2) is 5.15 Å². The SMILES string of the molecule is Cl.FC(F)(F)c1cc(N[C@@H]2CCCNC2)nnc1Cl. The Hall–Kier alpha value is -0.790. The normalized spacial score (nSPS) is 19.7. The van der Waals surface area contributed by atoms with Gasteiger partial charge in [0, 0.05) is 12.6 Å². The number of anilines is 1. The molecule has 1 aliphatic heterocycles. The van der Waals surface area contributed by atoms with E-state index in [9.17, 15) is 13.2 Å². The van der Waals surface area contributed by atoms with E-state index in [1.165, 1.54) is 0 Å². The van der Waals surface area contributed by atoms with E-state index in [1.807, 2.05) is 0 Å². The van der Waals surface area contributed by atoms with Crippen LogP contribution in [0, 0.1) is 0 Å². The summed E-state index contributed by atoms with van der Waals surface area (Å²) in [6, 6.07) is 0.958. The molecule has 1 aliphatic rings. The molecular weight excluding hydrogens is 304 g/mol. The van der Waals surface area contributed by atoms with Crippen LogP contribution < -0.4 is 10.6 Å². The molecule has 0 spiro atoms. The van der Waals surface area contributed by atoms with Gasteiger partial charge in [-0.05, 0) is 25.5 Å². The average Bonchev–Trinajstić information content (AvgIpc) is 2.31. The largest absolute Gasteiger partial charge is 0.419 e. The fourth-order valence-corrected chi connectivity index (χ4v) is 2.03. The van der Waals surface area contributed by atoms with Crippen molar-refractivity contribution in [2.75, 3.05) is 18.4 Å². The molecule has 2 heterocycles. The number of hydrogen-bond acceptors (Lipinski definition) is 4. The summed E-state index contributed by atoms with van der Waals surface area (Å²) >= 11 is 5.39. The van der Waals surface area contributed by atoms with Crippen LogP contribution in [0.2, 0.25) is 5.15 Å². The molecule has 19 heavy (non-hydrogen) atoms. The van der Waals surface area contributed by atoms with Crippen LogP contribution in [-0.2, 0) is 6.18 Å². The molecule has 0 amide bonds. The lowest BCUT2D eigenvalue weighted by Gasteiger charge is -2.24. The van der Waals surface area contributed by atoms with Gasteiger partial charge in [-0.25, -0.2) is 0 Å². The minimum atomic E-state index is -4.52. The molecular formula is C10H13Cl2F3N4. The van der Waals surface area contributed by atoms with Crippen LogP contribution in [0.3, 0.4) is 0 Å². The lowest BCUT2D eigenvalue weighted by Crippen LogP contribution is -2.38. The van der Waals surface area contributed by atoms with Gasteiger partial charge in [-0.2, -0.15) is 13.2 Å². The summed E-state index contributed by atoms with van der Waals surface area (Å²) in [7, 11) is 0. The highest BCUT2D eigenvalue weighted by Gasteiger charge is 2.34. The van der Waals surface area contributed by atoms with E-state index in [0.29, 0.717) is 6.54 Å². The molecule has 0 aromatic carbocycles. The molecule has 1 saturated heterocycles. The van der Waals surface area contributed by atoms with Gasteiger partial charge < -0.3 is 10.6 Å². The van der Waals surface area contributed by atoms with Crippen LogP contribution in [-0.4, -0.2) is 29.3 Å². The van der Waals surface area contributed by atoms with Crippen molar-refractivity contribution in [3.05, 3.63) is 16.8 Å². The Morgan fingerprint density at radius 1 is 1.37 bits per heavy atom. The van der Waals surface area contributed by atoms with Crippen molar-refractivity contribution in [1.82, 2.24) is 15.5 Å². The molecule has 0 radical (unpaired) electrons. The van der Waals surface area contributed by atoms with E-state index in [1.54, 1.807) is 0 Å². The maximum atomic E-state index is 12.6. The smallest absolute Gasteiger partial charge is 0.365 e. The highest BCUT2D eigenvalue weighted by Crippen LogP contribution is 2.34. The minimum absolute atomic E-state index is 0. The molecule has 2 N–H and O–H groups in total. The van der Waals surface area contributed by atoms with Gasteiger partial charge in [0.05, 0.1) is 5.56 Å². The standard InChI is InChI=1S/C10H12ClF3N4.ClH/c11-9-7(10(12,13)14)4-8(17-18-9)16-6-2-1-3-15-5-6;/h4,6,15H,1-3,5H2,(H,16,17);1H/t6-;/m1./s1. The van der Waals surface area contributed by atoms with Crippen molar-refractivity contribution in [3.63, 3.8) is 0 Å². The zero-order valence-electron chi connectivity index (χ0n) is 9.80. The molecule has 1 fully saturated rings. The number of rotatable bonds is 2. The maximum absolute atomic E-state index is 12.6. The summed E-state index contributed by atoms with van der Waals surface area (Å²) in [5.74, 6) is 0.0976. The molecule has 108 valence electrons. The summed E-state index contributed by atoms with van der Waals surface area (Å²) in [6.07, 6.45) is -2.66. The molecule has 4 nitrogen and oxygen atoms in total. The fourth-order valence-electron chi connectivity index (χ4n) is 1.83. The Morgan fingerprint density at radius 3 is 2.68 bits per heavy atom. The third-order valence-corrected chi connectivity index (χ3v) is 2.98. The number of halogens is 5. The topological polar surface area (TPSA) is 49.8 Å². The van der Waals surface area contributed by atoms with Crippen LogP contribution in [0.4, 0.5) is 19.0 Å². The van der Waals surface area contributed by atoms with Gasteiger partial charge >= 0.3 is 6.18 Å². The molecule has 1 atom stereocenters. The lowest BCUT2D eigenvalue weighted by molar-refractivity contribution is -0.137. The zero-order valence-corrected chi connectivity index (χ0v) is 11.4. The van der Waals surface area contributed by atoms with Crippen molar-refractivity contribution in [2.45, 2.75) is 25.1 Å². The first-order valence-corrected chi connectivity index (χ1v) is 5.92. The molecule has 0 saturated carbocycles. The molecule has 0 aliphatic carbocycles. The second-order valence-electron chi connectivity index (χ2n) is 4.12. The number of nitrogens with one attached hydrogen (secondary N) is 2. The van der Waals surface area contributed by atoms with Crippen LogP contribution in [0.15, 0.2) is 6.07 Å². The monoisotopic (exact) mass is 316 g/mol. The summed E-state index contributed by atoms with van der Waals surface area (Å²) in [5, 5.41) is 12.4. The Bertz CT molecular complexity index is 422. The second kappa shape index (κ2) is 6.58. The minimum Gasteiger partial charge on any atom is -0.365 e. The number of hydrogen-bond donors (Lipinski definition) is 2. The van der Waals surface area contributed by atoms with Crippen LogP contribution >= 0.6 is 24.0 Å². The van der Waals surface area contributed by atoms with Gasteiger partial charge in [-0.3, -0.25) is 0 Å². The second-order valence-corrected chi connectivity index (χ2v) is 4.48. The highest BCUT2D eigenvalue weighted by molar-refractivity contribution is 6.30. The van der Waals surface area contributed by atoms with Crippen molar-refractivity contribution >= 4 is 29.8 Å². The van der Waals surface area contributed by atoms with Crippen molar-refractivity contribution in [1.29, 1.82) is 0 Å². The van der Waals surface area contributed by atoms with Crippen LogP contribution in [0.5, 0.6) is 0 Å². The summed E-state index contributed by atoms with van der Waals surface area (Å²) in [5.41, 5.74) is -0.967. The van der Waals surface area contributed by atoms with E-state index < -0.39 is 16.9 Å². The van der Waals surface area contributed by atoms with Gasteiger partial charge in [0.25, 0.3) is 0 Å². The Morgan fingerprint density at radius 2 is 2.11 bits per heavy atom. The van der Waals surface area contributed by atoms with Crippen molar-refractivity contribution < 1.29 is 13.2 Å². The highest BCUT2D eigenvalue weighted by atomic mass is 35.5. The maximum Gasteiger partial charge on any atom is 0.419 e. The number of nitrogens with zero attached hydrogens (tertiary/aromatic N) is 2. The van der Waals surface area contributed by atoms with E-state index >= 15 is 0 Å². The van der Waals surface area contributed by atoms with E-state index in [0.717, 1.165) is 25.5 Å².